The van der Waals surface area contributed by atoms with Gasteiger partial charge >= 0.3 is 35.1 Å². The lowest BCUT2D eigenvalue weighted by Crippen LogP contribution is -2.69. The zero-order valence-corrected chi connectivity index (χ0v) is 19.3. The second-order valence-corrected chi connectivity index (χ2v) is 10.2. The molecule has 0 bridgehead atoms. The topological polar surface area (TPSA) is 46.2 Å². The van der Waals surface area contributed by atoms with Gasteiger partial charge in [-0.05, 0) is 43.0 Å². The highest BCUT2D eigenvalue weighted by molar-refractivity contribution is 8.00. The second-order valence-electron chi connectivity index (χ2n) is 7.33. The van der Waals surface area contributed by atoms with Crippen LogP contribution in [0.25, 0.3) is 0 Å². The average Bonchev–Trinajstić information content (AvgIpc) is 2.73. The molecule has 2 aromatic rings. The first kappa shape index (κ1) is 30.9. The molecule has 0 radical (unpaired) electrons. The van der Waals surface area contributed by atoms with Crippen LogP contribution in [0.4, 0.5) is 62.8 Å². The Balaban J connectivity index is 2.48. The number of para-hydroxylation sites is 1. The number of nitrogens with one attached hydrogen (secondary N) is 1. The smallest absolute Gasteiger partial charge is 0.278 e. The quantitative estimate of drug-likeness (QED) is 0.240. The number of anilines is 1. The number of benzene rings is 2. The molecule has 0 saturated heterocycles. The zero-order valence-electron chi connectivity index (χ0n) is 17.7. The molecule has 0 aliphatic rings. The van der Waals surface area contributed by atoms with E-state index < -0.39 is 72.4 Å². The summed E-state index contributed by atoms with van der Waals surface area (Å²) in [4.78, 5) is -1.76. The van der Waals surface area contributed by atoms with Crippen LogP contribution in [-0.2, 0) is 10.0 Å². The van der Waals surface area contributed by atoms with Gasteiger partial charge in [-0.2, -0.15) is 57.1 Å². The summed E-state index contributed by atoms with van der Waals surface area (Å²) < 4.78 is 200. The standard InChI is InChI=1S/C19H12F13NO2S2/c1-10-6-8-11(9-7-10)37(34,35)33-12-4-2-3-5-13(12)36-19(31,32)17(26,27)15(22,23)14(20,21)16(24,25)18(28,29)30/h2-9,33H,1H3. The number of aryl methyl sites for hydroxylation is 1. The minimum absolute atomic E-state index is 0.447. The number of hydrogen-bond acceptors (Lipinski definition) is 3. The van der Waals surface area contributed by atoms with Gasteiger partial charge in [0.15, 0.2) is 0 Å². The van der Waals surface area contributed by atoms with Gasteiger partial charge in [0.25, 0.3) is 10.0 Å². The number of halogens is 13. The Morgan fingerprint density at radius 1 is 0.649 bits per heavy atom. The van der Waals surface area contributed by atoms with E-state index in [1.165, 1.54) is 12.1 Å². The Kier molecular flexibility index (Phi) is 7.86. The first-order valence-corrected chi connectivity index (χ1v) is 11.6. The van der Waals surface area contributed by atoms with Crippen molar-refractivity contribution in [2.24, 2.45) is 0 Å². The van der Waals surface area contributed by atoms with Crippen molar-refractivity contribution in [3.05, 3.63) is 54.1 Å². The lowest BCUT2D eigenvalue weighted by molar-refractivity contribution is -0.433. The summed E-state index contributed by atoms with van der Waals surface area (Å²) in [5, 5.41) is -6.48. The second kappa shape index (κ2) is 9.43. The number of sulfonamides is 1. The molecule has 0 aromatic heterocycles. The van der Waals surface area contributed by atoms with E-state index in [1.54, 1.807) is 11.6 Å². The van der Waals surface area contributed by atoms with E-state index in [-0.39, 0.29) is 0 Å². The molecule has 3 nitrogen and oxygen atoms in total. The molecule has 0 unspecified atom stereocenters. The maximum atomic E-state index is 14.3. The number of thioether (sulfide) groups is 1. The molecule has 37 heavy (non-hydrogen) atoms. The van der Waals surface area contributed by atoms with Crippen molar-refractivity contribution in [3.8, 4) is 0 Å². The molecule has 0 aliphatic heterocycles. The first-order chi connectivity index (χ1) is 16.4. The van der Waals surface area contributed by atoms with Crippen LogP contribution in [0.15, 0.2) is 58.3 Å². The Morgan fingerprint density at radius 2 is 1.11 bits per heavy atom. The van der Waals surface area contributed by atoms with Gasteiger partial charge in [-0.25, -0.2) is 8.42 Å². The molecule has 0 amide bonds. The molecule has 2 aromatic carbocycles. The van der Waals surface area contributed by atoms with E-state index in [0.29, 0.717) is 17.7 Å². The molecule has 0 aliphatic carbocycles. The molecule has 0 saturated carbocycles. The number of rotatable bonds is 9. The molecule has 18 heteroatoms. The monoisotopic (exact) mass is 597 g/mol. The Morgan fingerprint density at radius 3 is 1.59 bits per heavy atom. The highest BCUT2D eigenvalue weighted by Crippen LogP contribution is 2.63. The minimum Gasteiger partial charge on any atom is -0.278 e. The predicted octanol–water partition coefficient (Wildman–Crippen LogP) is 7.58. The van der Waals surface area contributed by atoms with Gasteiger partial charge in [-0.3, -0.25) is 4.72 Å². The lowest BCUT2D eigenvalue weighted by Gasteiger charge is -2.39. The van der Waals surface area contributed by atoms with Crippen LogP contribution in [0.2, 0.25) is 0 Å². The predicted molar refractivity (Wildman–Crippen MR) is 105 cm³/mol. The molecular weight excluding hydrogens is 585 g/mol. The summed E-state index contributed by atoms with van der Waals surface area (Å²) in [6.07, 6.45) is -7.51. The van der Waals surface area contributed by atoms with Gasteiger partial charge in [-0.1, -0.05) is 29.8 Å². The summed E-state index contributed by atoms with van der Waals surface area (Å²) in [6, 6.07) is 7.57. The highest BCUT2D eigenvalue weighted by Gasteiger charge is 2.91. The van der Waals surface area contributed by atoms with E-state index in [4.69, 9.17) is 0 Å². The van der Waals surface area contributed by atoms with Gasteiger partial charge in [0.2, 0.25) is 0 Å². The van der Waals surface area contributed by atoms with Crippen molar-refractivity contribution in [2.45, 2.75) is 51.8 Å². The van der Waals surface area contributed by atoms with Crippen molar-refractivity contribution >= 4 is 27.5 Å². The summed E-state index contributed by atoms with van der Waals surface area (Å²) >= 11 is -1.67. The SMILES string of the molecule is Cc1ccc(S(=O)(=O)Nc2ccccc2SC(F)(F)C(F)(F)C(F)(F)C(F)(F)C(F)(F)C(F)(F)F)cc1. The van der Waals surface area contributed by atoms with Crippen LogP contribution < -0.4 is 4.72 Å². The maximum Gasteiger partial charge on any atom is 0.460 e. The maximum absolute atomic E-state index is 14.3. The zero-order chi connectivity index (χ0) is 28.9. The summed E-state index contributed by atoms with van der Waals surface area (Å²) in [6.45, 7) is 1.57. The summed E-state index contributed by atoms with van der Waals surface area (Å²) in [5.74, 6) is -31.3. The van der Waals surface area contributed by atoms with Crippen molar-refractivity contribution in [1.29, 1.82) is 0 Å². The number of hydrogen-bond donors (Lipinski definition) is 1. The fraction of sp³-hybridized carbons (Fsp3) is 0.368. The third kappa shape index (κ3) is 5.31. The van der Waals surface area contributed by atoms with Gasteiger partial charge in [-0.15, -0.1) is 0 Å². The summed E-state index contributed by atoms with van der Waals surface area (Å²) in [7, 11) is -4.62. The van der Waals surface area contributed by atoms with Crippen LogP contribution in [0.3, 0.4) is 0 Å². The van der Waals surface area contributed by atoms with Crippen LogP contribution in [-0.4, -0.2) is 43.5 Å². The largest absolute Gasteiger partial charge is 0.460 e. The molecular formula is C19H12F13NO2S2. The molecule has 1 N–H and O–H groups in total. The molecule has 0 heterocycles. The van der Waals surface area contributed by atoms with Gasteiger partial charge in [0, 0.05) is 4.90 Å². The van der Waals surface area contributed by atoms with E-state index in [9.17, 15) is 65.5 Å². The average molecular weight is 597 g/mol. The van der Waals surface area contributed by atoms with Crippen LogP contribution >= 0.6 is 11.8 Å². The fourth-order valence-corrected chi connectivity index (χ4v) is 4.57. The first-order valence-electron chi connectivity index (χ1n) is 9.26. The molecule has 0 fully saturated rings. The van der Waals surface area contributed by atoms with Crippen molar-refractivity contribution < 1.29 is 65.5 Å². The molecule has 208 valence electrons. The van der Waals surface area contributed by atoms with E-state index in [1.807, 2.05) is 0 Å². The molecule has 2 rings (SSSR count). The Bertz CT molecular complexity index is 1230. The van der Waals surface area contributed by atoms with Crippen molar-refractivity contribution in [2.75, 3.05) is 4.72 Å². The minimum atomic E-state index is -8.03. The van der Waals surface area contributed by atoms with Gasteiger partial charge in [0.1, 0.15) is 0 Å². The van der Waals surface area contributed by atoms with E-state index in [2.05, 4.69) is 0 Å². The van der Waals surface area contributed by atoms with Crippen LogP contribution in [0, 0.1) is 6.92 Å². The van der Waals surface area contributed by atoms with E-state index in [0.717, 1.165) is 24.3 Å². The third-order valence-electron chi connectivity index (χ3n) is 4.61. The van der Waals surface area contributed by atoms with E-state index >= 15 is 0 Å². The van der Waals surface area contributed by atoms with Crippen LogP contribution in [0.1, 0.15) is 5.56 Å². The van der Waals surface area contributed by atoms with Crippen LogP contribution in [0.5, 0.6) is 0 Å². The molecule has 0 atom stereocenters. The van der Waals surface area contributed by atoms with Gasteiger partial charge < -0.3 is 0 Å². The third-order valence-corrected chi connectivity index (χ3v) is 7.08. The summed E-state index contributed by atoms with van der Waals surface area (Å²) in [5.41, 5.74) is -0.371. The molecule has 0 spiro atoms. The Hall–Kier alpha value is -2.37. The lowest BCUT2D eigenvalue weighted by atomic mass is 9.98. The highest BCUT2D eigenvalue weighted by atomic mass is 32.2. The fourth-order valence-electron chi connectivity index (χ4n) is 2.52. The van der Waals surface area contributed by atoms with Crippen molar-refractivity contribution in [1.82, 2.24) is 0 Å². The van der Waals surface area contributed by atoms with Gasteiger partial charge in [0.05, 0.1) is 10.6 Å². The normalized spacial score (nSPS) is 14.5. The Labute approximate surface area is 204 Å². The van der Waals surface area contributed by atoms with Crippen molar-refractivity contribution in [3.63, 3.8) is 0 Å². The number of alkyl halides is 13.